The van der Waals surface area contributed by atoms with Gasteiger partial charge in [-0.05, 0) is 38.4 Å². The van der Waals surface area contributed by atoms with Crippen molar-refractivity contribution in [2.24, 2.45) is 5.92 Å². The molecule has 0 bridgehead atoms. The van der Waals surface area contributed by atoms with Crippen LogP contribution in [0.25, 0.3) is 0 Å². The Morgan fingerprint density at radius 3 is 2.50 bits per heavy atom. The molecule has 1 amide bonds. The van der Waals surface area contributed by atoms with Gasteiger partial charge in [0.05, 0.1) is 27.0 Å². The van der Waals surface area contributed by atoms with E-state index in [9.17, 15) is 4.79 Å². The van der Waals surface area contributed by atoms with Crippen LogP contribution in [0, 0.1) is 5.92 Å². The number of anilines is 1. The highest BCUT2D eigenvalue weighted by Gasteiger charge is 2.26. The fourth-order valence-corrected chi connectivity index (χ4v) is 2.80. The molecule has 1 aromatic rings. The molecular formula is C16H24N2O4. The number of piperidine rings is 1. The molecule has 0 spiro atoms. The van der Waals surface area contributed by atoms with Crippen LogP contribution in [0.5, 0.6) is 17.2 Å². The van der Waals surface area contributed by atoms with Crippen molar-refractivity contribution in [1.29, 1.82) is 0 Å². The van der Waals surface area contributed by atoms with Crippen molar-refractivity contribution in [2.75, 3.05) is 33.2 Å². The van der Waals surface area contributed by atoms with Crippen LogP contribution in [-0.2, 0) is 4.79 Å². The van der Waals surface area contributed by atoms with Crippen LogP contribution >= 0.6 is 0 Å². The molecule has 1 aromatic carbocycles. The highest BCUT2D eigenvalue weighted by molar-refractivity contribution is 5.95. The average Bonchev–Trinajstić information content (AvgIpc) is 2.54. The summed E-state index contributed by atoms with van der Waals surface area (Å²) < 4.78 is 16.0. The molecule has 6 heteroatoms. The molecule has 122 valence electrons. The predicted octanol–water partition coefficient (Wildman–Crippen LogP) is 2.04. The average molecular weight is 308 g/mol. The van der Waals surface area contributed by atoms with Crippen molar-refractivity contribution < 1.29 is 19.0 Å². The van der Waals surface area contributed by atoms with Gasteiger partial charge in [-0.2, -0.15) is 0 Å². The van der Waals surface area contributed by atoms with Crippen LogP contribution in [-0.4, -0.2) is 39.8 Å². The standard InChI is InChI=1S/C16H24N2O4/c1-10-9-11(7-8-17-10)16(19)18-12-5-6-13(20-2)15(22-4)14(12)21-3/h5-6,10-11,17H,7-9H2,1-4H3,(H,18,19)/t10-,11-/m0/s1. The molecule has 1 saturated heterocycles. The van der Waals surface area contributed by atoms with Crippen LogP contribution < -0.4 is 24.8 Å². The van der Waals surface area contributed by atoms with E-state index in [4.69, 9.17) is 14.2 Å². The zero-order chi connectivity index (χ0) is 16.1. The molecule has 22 heavy (non-hydrogen) atoms. The van der Waals surface area contributed by atoms with Gasteiger partial charge in [0.2, 0.25) is 11.7 Å². The zero-order valence-electron chi connectivity index (χ0n) is 13.6. The summed E-state index contributed by atoms with van der Waals surface area (Å²) in [5.41, 5.74) is 0.594. The molecule has 2 rings (SSSR count). The molecule has 0 unspecified atom stereocenters. The summed E-state index contributed by atoms with van der Waals surface area (Å²) in [6.45, 7) is 2.96. The molecule has 2 atom stereocenters. The van der Waals surface area contributed by atoms with Gasteiger partial charge in [0, 0.05) is 12.0 Å². The SMILES string of the molecule is COc1ccc(NC(=O)[C@H]2CCN[C@@H](C)C2)c(OC)c1OC. The third-order valence-corrected chi connectivity index (χ3v) is 3.96. The third kappa shape index (κ3) is 3.44. The van der Waals surface area contributed by atoms with E-state index in [1.165, 1.54) is 0 Å². The Bertz CT molecular complexity index is 533. The normalized spacial score (nSPS) is 21.1. The van der Waals surface area contributed by atoms with Crippen LogP contribution in [0.1, 0.15) is 19.8 Å². The summed E-state index contributed by atoms with van der Waals surface area (Å²) in [4.78, 5) is 12.5. The van der Waals surface area contributed by atoms with Crippen molar-refractivity contribution in [3.63, 3.8) is 0 Å². The van der Waals surface area contributed by atoms with Crippen molar-refractivity contribution in [2.45, 2.75) is 25.8 Å². The summed E-state index contributed by atoms with van der Waals surface area (Å²) in [6, 6.07) is 3.88. The molecule has 0 aliphatic carbocycles. The van der Waals surface area contributed by atoms with Gasteiger partial charge in [-0.1, -0.05) is 0 Å². The lowest BCUT2D eigenvalue weighted by molar-refractivity contribution is -0.120. The Balaban J connectivity index is 2.20. The Hall–Kier alpha value is -1.95. The van der Waals surface area contributed by atoms with Crippen molar-refractivity contribution in [1.82, 2.24) is 5.32 Å². The second-order valence-electron chi connectivity index (χ2n) is 5.45. The Labute approximate surface area is 131 Å². The Kier molecular flexibility index (Phi) is 5.49. The van der Waals surface area contributed by atoms with Crippen molar-refractivity contribution in [3.05, 3.63) is 12.1 Å². The van der Waals surface area contributed by atoms with Gasteiger partial charge in [0.1, 0.15) is 0 Å². The summed E-state index contributed by atoms with van der Waals surface area (Å²) in [7, 11) is 4.64. The number of amides is 1. The second-order valence-corrected chi connectivity index (χ2v) is 5.45. The maximum absolute atomic E-state index is 12.5. The number of carbonyl (C=O) groups is 1. The van der Waals surface area contributed by atoms with Crippen molar-refractivity contribution in [3.8, 4) is 17.2 Å². The molecule has 1 fully saturated rings. The summed E-state index contributed by atoms with van der Waals surface area (Å²) in [5, 5.41) is 6.30. The molecule has 1 aliphatic heterocycles. The Morgan fingerprint density at radius 2 is 1.91 bits per heavy atom. The molecule has 1 heterocycles. The van der Waals surface area contributed by atoms with E-state index in [0.29, 0.717) is 29.0 Å². The molecule has 2 N–H and O–H groups in total. The molecule has 6 nitrogen and oxygen atoms in total. The number of carbonyl (C=O) groups excluding carboxylic acids is 1. The number of ether oxygens (including phenoxy) is 3. The number of rotatable bonds is 5. The van der Waals surface area contributed by atoms with Gasteiger partial charge in [0.25, 0.3) is 0 Å². The number of nitrogens with one attached hydrogen (secondary N) is 2. The van der Waals surface area contributed by atoms with E-state index in [-0.39, 0.29) is 11.8 Å². The smallest absolute Gasteiger partial charge is 0.227 e. The van der Waals surface area contributed by atoms with Crippen LogP contribution in [0.3, 0.4) is 0 Å². The summed E-state index contributed by atoms with van der Waals surface area (Å²) in [6.07, 6.45) is 1.67. The van der Waals surface area contributed by atoms with E-state index in [1.54, 1.807) is 33.5 Å². The lowest BCUT2D eigenvalue weighted by atomic mass is 9.92. The third-order valence-electron chi connectivity index (χ3n) is 3.96. The first-order valence-corrected chi connectivity index (χ1v) is 7.43. The molecule has 0 radical (unpaired) electrons. The van der Waals surface area contributed by atoms with Crippen molar-refractivity contribution >= 4 is 11.6 Å². The van der Waals surface area contributed by atoms with E-state index in [1.807, 2.05) is 0 Å². The number of hydrogen-bond acceptors (Lipinski definition) is 5. The van der Waals surface area contributed by atoms with Gasteiger partial charge in [-0.3, -0.25) is 4.79 Å². The van der Waals surface area contributed by atoms with E-state index in [2.05, 4.69) is 17.6 Å². The first-order chi connectivity index (χ1) is 10.6. The molecular weight excluding hydrogens is 284 g/mol. The lowest BCUT2D eigenvalue weighted by Gasteiger charge is -2.27. The van der Waals surface area contributed by atoms with E-state index in [0.717, 1.165) is 19.4 Å². The zero-order valence-corrected chi connectivity index (χ0v) is 13.6. The van der Waals surface area contributed by atoms with E-state index >= 15 is 0 Å². The fraction of sp³-hybridized carbons (Fsp3) is 0.562. The number of methoxy groups -OCH3 is 3. The molecule has 0 saturated carbocycles. The van der Waals surface area contributed by atoms with Gasteiger partial charge in [-0.25, -0.2) is 0 Å². The maximum Gasteiger partial charge on any atom is 0.227 e. The van der Waals surface area contributed by atoms with E-state index < -0.39 is 0 Å². The first-order valence-electron chi connectivity index (χ1n) is 7.43. The van der Waals surface area contributed by atoms with Gasteiger partial charge < -0.3 is 24.8 Å². The molecule has 0 aromatic heterocycles. The van der Waals surface area contributed by atoms with Crippen LogP contribution in [0.4, 0.5) is 5.69 Å². The topological polar surface area (TPSA) is 68.8 Å². The minimum atomic E-state index is 0.00838. The second kappa shape index (κ2) is 7.35. The number of benzene rings is 1. The minimum Gasteiger partial charge on any atom is -0.493 e. The quantitative estimate of drug-likeness (QED) is 0.871. The van der Waals surface area contributed by atoms with Crippen LogP contribution in [0.2, 0.25) is 0 Å². The highest BCUT2D eigenvalue weighted by Crippen LogP contribution is 2.42. The molecule has 1 aliphatic rings. The van der Waals surface area contributed by atoms with Gasteiger partial charge in [-0.15, -0.1) is 0 Å². The largest absolute Gasteiger partial charge is 0.493 e. The summed E-state index contributed by atoms with van der Waals surface area (Å²) >= 11 is 0. The maximum atomic E-state index is 12.5. The first kappa shape index (κ1) is 16.4. The van der Waals surface area contributed by atoms with Gasteiger partial charge in [0.15, 0.2) is 11.5 Å². The predicted molar refractivity (Wildman–Crippen MR) is 84.9 cm³/mol. The number of hydrogen-bond donors (Lipinski definition) is 2. The summed E-state index contributed by atoms with van der Waals surface area (Å²) in [5.74, 6) is 1.53. The fourth-order valence-electron chi connectivity index (χ4n) is 2.80. The Morgan fingerprint density at radius 1 is 1.18 bits per heavy atom. The van der Waals surface area contributed by atoms with Crippen LogP contribution in [0.15, 0.2) is 12.1 Å². The highest BCUT2D eigenvalue weighted by atomic mass is 16.5. The monoisotopic (exact) mass is 308 g/mol. The van der Waals surface area contributed by atoms with Gasteiger partial charge >= 0.3 is 0 Å². The lowest BCUT2D eigenvalue weighted by Crippen LogP contribution is -2.40. The minimum absolute atomic E-state index is 0.00838.